The predicted molar refractivity (Wildman–Crippen MR) is 25.4 cm³/mol. The molecule has 1 N–H and O–H groups in total. The number of esters is 1. The summed E-state index contributed by atoms with van der Waals surface area (Å²) in [7, 11) is 1.25. The van der Waals surface area contributed by atoms with Crippen molar-refractivity contribution in [1.29, 1.82) is 5.41 Å². The van der Waals surface area contributed by atoms with Crippen LogP contribution >= 0.6 is 0 Å². The van der Waals surface area contributed by atoms with Crippen LogP contribution in [-0.4, -0.2) is 18.8 Å². The van der Waals surface area contributed by atoms with Gasteiger partial charge in [0.05, 0.1) is 7.11 Å². The first-order chi connectivity index (χ1) is 3.18. The second kappa shape index (κ2) is 2.34. The van der Waals surface area contributed by atoms with Crippen LogP contribution < -0.4 is 0 Å². The van der Waals surface area contributed by atoms with Crippen LogP contribution in [0, 0.1) is 5.41 Å². The highest BCUT2D eigenvalue weighted by Crippen LogP contribution is 1.72. The van der Waals surface area contributed by atoms with Crippen LogP contribution in [0.2, 0.25) is 0 Å². The molecule has 0 rings (SSSR count). The van der Waals surface area contributed by atoms with Crippen molar-refractivity contribution in [2.75, 3.05) is 7.11 Å². The second-order valence-corrected chi connectivity index (χ2v) is 1.12. The first kappa shape index (κ1) is 6.14. The maximum atomic E-state index is 10.1. The predicted octanol–water partition coefficient (Wildman–Crippen LogP) is 0.199. The third-order valence-electron chi connectivity index (χ3n) is 0.492. The van der Waals surface area contributed by atoms with Crippen molar-refractivity contribution in [2.24, 2.45) is 0 Å². The van der Waals surface area contributed by atoms with E-state index in [1.807, 2.05) is 0 Å². The van der Waals surface area contributed by atoms with Crippen molar-refractivity contribution in [3.8, 4) is 0 Å². The number of ether oxygens (including phenoxy) is 1. The van der Waals surface area contributed by atoms with Crippen LogP contribution in [0.25, 0.3) is 0 Å². The Kier molecular flexibility index (Phi) is 2.05. The number of hydrogen-bond acceptors (Lipinski definition) is 3. The monoisotopic (exact) mass is 101 g/mol. The summed E-state index contributed by atoms with van der Waals surface area (Å²) in [5.41, 5.74) is -0.0671. The van der Waals surface area contributed by atoms with E-state index in [0.29, 0.717) is 0 Å². The molecular weight excluding hydrogens is 94.0 g/mol. The molecule has 0 spiro atoms. The van der Waals surface area contributed by atoms with Gasteiger partial charge < -0.3 is 4.74 Å². The minimum Gasteiger partial charge on any atom is -0.465 e. The van der Waals surface area contributed by atoms with E-state index in [2.05, 4.69) is 4.74 Å². The fraction of sp³-hybridized carbons (Fsp3) is 0.500. The normalized spacial score (nSPS) is 7.71. The molecule has 0 radical (unpaired) electrons. The quantitative estimate of drug-likeness (QED) is 0.379. The van der Waals surface area contributed by atoms with Crippen LogP contribution in [0.1, 0.15) is 6.92 Å². The molecule has 0 saturated carbocycles. The molecule has 0 aliphatic carbocycles. The lowest BCUT2D eigenvalue weighted by Gasteiger charge is -1.89. The summed E-state index contributed by atoms with van der Waals surface area (Å²) in [5.74, 6) is -0.569. The SMILES string of the molecule is COC(=O)C(C)=N. The van der Waals surface area contributed by atoms with Crippen molar-refractivity contribution in [3.05, 3.63) is 0 Å². The van der Waals surface area contributed by atoms with Crippen LogP contribution in [0.3, 0.4) is 0 Å². The van der Waals surface area contributed by atoms with Crippen molar-refractivity contribution < 1.29 is 9.53 Å². The first-order valence-corrected chi connectivity index (χ1v) is 1.82. The van der Waals surface area contributed by atoms with Gasteiger partial charge >= 0.3 is 5.97 Å². The zero-order valence-electron chi connectivity index (χ0n) is 4.32. The van der Waals surface area contributed by atoms with Gasteiger partial charge in [-0.2, -0.15) is 0 Å². The van der Waals surface area contributed by atoms with Crippen molar-refractivity contribution >= 4 is 11.7 Å². The summed E-state index contributed by atoms with van der Waals surface area (Å²) in [6, 6.07) is 0. The average molecular weight is 101 g/mol. The molecule has 3 nitrogen and oxygen atoms in total. The zero-order chi connectivity index (χ0) is 5.86. The third kappa shape index (κ3) is 1.92. The van der Waals surface area contributed by atoms with E-state index in [1.165, 1.54) is 14.0 Å². The largest absolute Gasteiger partial charge is 0.465 e. The molecule has 0 bridgehead atoms. The van der Waals surface area contributed by atoms with Gasteiger partial charge in [-0.1, -0.05) is 0 Å². The van der Waals surface area contributed by atoms with Crippen LogP contribution in [0.5, 0.6) is 0 Å². The van der Waals surface area contributed by atoms with Gasteiger partial charge in [0.2, 0.25) is 0 Å². The van der Waals surface area contributed by atoms with Gasteiger partial charge in [-0.25, -0.2) is 4.79 Å². The number of carbonyl (C=O) groups is 1. The average Bonchev–Trinajstić information content (AvgIpc) is 1.65. The maximum absolute atomic E-state index is 10.1. The third-order valence-corrected chi connectivity index (χ3v) is 0.492. The van der Waals surface area contributed by atoms with Gasteiger partial charge in [0.25, 0.3) is 0 Å². The summed E-state index contributed by atoms with van der Waals surface area (Å²) >= 11 is 0. The molecule has 0 fully saturated rings. The Morgan fingerprint density at radius 1 is 1.71 bits per heavy atom. The number of hydrogen-bond donors (Lipinski definition) is 1. The summed E-state index contributed by atoms with van der Waals surface area (Å²) < 4.78 is 4.15. The Hall–Kier alpha value is -0.860. The lowest BCUT2D eigenvalue weighted by Crippen LogP contribution is -2.09. The van der Waals surface area contributed by atoms with Gasteiger partial charge in [-0.05, 0) is 6.92 Å². The Morgan fingerprint density at radius 3 is 2.14 bits per heavy atom. The molecule has 3 heteroatoms. The molecule has 0 aromatic heterocycles. The number of carbonyl (C=O) groups excluding carboxylic acids is 1. The topological polar surface area (TPSA) is 50.2 Å². The van der Waals surface area contributed by atoms with Crippen LogP contribution in [0.15, 0.2) is 0 Å². The summed E-state index contributed by atoms with van der Waals surface area (Å²) in [6.45, 7) is 1.38. The highest BCUT2D eigenvalue weighted by Gasteiger charge is 1.98. The lowest BCUT2D eigenvalue weighted by atomic mass is 10.4. The standard InChI is InChI=1S/C4H7NO2/c1-3(5)4(6)7-2/h5H,1-2H3. The van der Waals surface area contributed by atoms with Gasteiger partial charge in [0.15, 0.2) is 0 Å². The van der Waals surface area contributed by atoms with Crippen molar-refractivity contribution in [1.82, 2.24) is 0 Å². The molecule has 0 aromatic rings. The van der Waals surface area contributed by atoms with Crippen molar-refractivity contribution in [2.45, 2.75) is 6.92 Å². The zero-order valence-corrected chi connectivity index (χ0v) is 4.32. The van der Waals surface area contributed by atoms with Gasteiger partial charge in [-0.3, -0.25) is 5.41 Å². The van der Waals surface area contributed by atoms with E-state index in [1.54, 1.807) is 0 Å². The van der Waals surface area contributed by atoms with E-state index in [4.69, 9.17) is 5.41 Å². The molecule has 0 heterocycles. The molecule has 0 atom stereocenters. The van der Waals surface area contributed by atoms with E-state index in [9.17, 15) is 4.79 Å². The number of nitrogens with one attached hydrogen (secondary N) is 1. The Labute approximate surface area is 41.8 Å². The van der Waals surface area contributed by atoms with Gasteiger partial charge in [-0.15, -0.1) is 0 Å². The minimum absolute atomic E-state index is 0.0671. The molecule has 0 aliphatic rings. The Balaban J connectivity index is 3.58. The maximum Gasteiger partial charge on any atom is 0.351 e. The van der Waals surface area contributed by atoms with Crippen LogP contribution in [-0.2, 0) is 9.53 Å². The van der Waals surface area contributed by atoms with Gasteiger partial charge in [0, 0.05) is 0 Å². The lowest BCUT2D eigenvalue weighted by molar-refractivity contribution is -0.132. The molecule has 0 aliphatic heterocycles. The Bertz CT molecular complexity index is 97.9. The fourth-order valence-electron chi connectivity index (χ4n) is 0.153. The van der Waals surface area contributed by atoms with Crippen LogP contribution in [0.4, 0.5) is 0 Å². The Morgan fingerprint density at radius 2 is 2.14 bits per heavy atom. The minimum atomic E-state index is -0.569. The summed E-state index contributed by atoms with van der Waals surface area (Å²) in [6.07, 6.45) is 0. The molecule has 0 aromatic carbocycles. The molecule has 0 saturated heterocycles. The highest BCUT2D eigenvalue weighted by atomic mass is 16.5. The van der Waals surface area contributed by atoms with Gasteiger partial charge in [0.1, 0.15) is 5.71 Å². The fourth-order valence-corrected chi connectivity index (χ4v) is 0.153. The van der Waals surface area contributed by atoms with E-state index < -0.39 is 5.97 Å². The molecular formula is C4H7NO2. The van der Waals surface area contributed by atoms with Crippen molar-refractivity contribution in [3.63, 3.8) is 0 Å². The number of rotatable bonds is 1. The molecule has 0 amide bonds. The van der Waals surface area contributed by atoms with E-state index in [0.717, 1.165) is 0 Å². The first-order valence-electron chi connectivity index (χ1n) is 1.82. The smallest absolute Gasteiger partial charge is 0.351 e. The van der Waals surface area contributed by atoms with E-state index in [-0.39, 0.29) is 5.71 Å². The summed E-state index contributed by atoms with van der Waals surface area (Å²) in [4.78, 5) is 10.1. The molecule has 40 valence electrons. The summed E-state index contributed by atoms with van der Waals surface area (Å²) in [5, 5.41) is 6.63. The second-order valence-electron chi connectivity index (χ2n) is 1.12. The van der Waals surface area contributed by atoms with E-state index >= 15 is 0 Å². The number of methoxy groups -OCH3 is 1. The molecule has 0 unspecified atom stereocenters. The molecule has 7 heavy (non-hydrogen) atoms. The highest BCUT2D eigenvalue weighted by molar-refractivity contribution is 6.33.